The van der Waals surface area contributed by atoms with E-state index in [-0.39, 0.29) is 5.54 Å². The zero-order valence-corrected chi connectivity index (χ0v) is 11.9. The van der Waals surface area contributed by atoms with Gasteiger partial charge in [0.1, 0.15) is 0 Å². The van der Waals surface area contributed by atoms with Crippen LogP contribution in [0.2, 0.25) is 0 Å². The number of piperidine rings is 1. The van der Waals surface area contributed by atoms with Crippen LogP contribution in [0.1, 0.15) is 26.7 Å². The smallest absolute Gasteiger partial charge is 0.0306 e. The Hall–Kier alpha value is -0.120. The van der Waals surface area contributed by atoms with Crippen LogP contribution in [0.25, 0.3) is 0 Å². The first kappa shape index (κ1) is 13.9. The quantitative estimate of drug-likeness (QED) is 0.780. The van der Waals surface area contributed by atoms with Crippen molar-refractivity contribution in [2.45, 2.75) is 38.3 Å². The Kier molecular flexibility index (Phi) is 4.77. The molecule has 1 heterocycles. The van der Waals surface area contributed by atoms with Gasteiger partial charge in [0.25, 0.3) is 0 Å². The van der Waals surface area contributed by atoms with E-state index in [9.17, 15) is 0 Å². The van der Waals surface area contributed by atoms with Crippen LogP contribution in [0, 0.1) is 5.92 Å². The number of likely N-dealkylation sites (N-methyl/N-ethyl adjacent to an activating group) is 2. The molecule has 0 saturated carbocycles. The van der Waals surface area contributed by atoms with Gasteiger partial charge >= 0.3 is 0 Å². The van der Waals surface area contributed by atoms with Gasteiger partial charge in [0.05, 0.1) is 0 Å². The Morgan fingerprint density at radius 3 is 2.44 bits per heavy atom. The van der Waals surface area contributed by atoms with E-state index in [4.69, 9.17) is 0 Å². The minimum atomic E-state index is 0.173. The summed E-state index contributed by atoms with van der Waals surface area (Å²) >= 11 is 0. The first-order chi connectivity index (χ1) is 7.38. The van der Waals surface area contributed by atoms with Crippen LogP contribution in [0.15, 0.2) is 0 Å². The molecular weight excluding hydrogens is 198 g/mol. The largest absolute Gasteiger partial charge is 0.313 e. The van der Waals surface area contributed by atoms with Crippen molar-refractivity contribution in [1.82, 2.24) is 15.1 Å². The van der Waals surface area contributed by atoms with Crippen LogP contribution >= 0.6 is 0 Å². The number of nitrogens with zero attached hydrogens (tertiary/aromatic N) is 2. The van der Waals surface area contributed by atoms with Crippen LogP contribution in [0.3, 0.4) is 0 Å². The average molecular weight is 227 g/mol. The van der Waals surface area contributed by atoms with Gasteiger partial charge in [-0.05, 0) is 67.3 Å². The van der Waals surface area contributed by atoms with Crippen molar-refractivity contribution in [3.63, 3.8) is 0 Å². The molecule has 1 fully saturated rings. The standard InChI is InChI=1S/C13H29N3/c1-13(2,14-3)12(15(4)5)11-8-7-9-16(6)10-11/h11-12,14H,7-10H2,1-6H3. The molecule has 1 aliphatic heterocycles. The first-order valence-electron chi connectivity index (χ1n) is 6.42. The van der Waals surface area contributed by atoms with Gasteiger partial charge in [-0.25, -0.2) is 0 Å². The second kappa shape index (κ2) is 5.48. The molecule has 1 aliphatic rings. The van der Waals surface area contributed by atoms with Gasteiger partial charge in [-0.3, -0.25) is 0 Å². The van der Waals surface area contributed by atoms with Crippen molar-refractivity contribution in [3.05, 3.63) is 0 Å². The van der Waals surface area contributed by atoms with Gasteiger partial charge in [0, 0.05) is 18.1 Å². The summed E-state index contributed by atoms with van der Waals surface area (Å²) in [5, 5.41) is 3.47. The van der Waals surface area contributed by atoms with Gasteiger partial charge in [-0.2, -0.15) is 0 Å². The highest BCUT2D eigenvalue weighted by Crippen LogP contribution is 2.28. The molecule has 3 heteroatoms. The van der Waals surface area contributed by atoms with E-state index < -0.39 is 0 Å². The second-order valence-corrected chi connectivity index (χ2v) is 6.04. The topological polar surface area (TPSA) is 18.5 Å². The normalized spacial score (nSPS) is 26.1. The minimum absolute atomic E-state index is 0.173. The molecule has 0 bridgehead atoms. The van der Waals surface area contributed by atoms with Crippen molar-refractivity contribution >= 4 is 0 Å². The maximum absolute atomic E-state index is 3.47. The van der Waals surface area contributed by atoms with Gasteiger partial charge in [0.15, 0.2) is 0 Å². The SMILES string of the molecule is CNC(C)(C)C(C1CCCN(C)C1)N(C)C. The van der Waals surface area contributed by atoms with E-state index in [0.717, 1.165) is 5.92 Å². The molecule has 2 atom stereocenters. The lowest BCUT2D eigenvalue weighted by Crippen LogP contribution is -2.59. The van der Waals surface area contributed by atoms with E-state index in [2.05, 4.69) is 57.2 Å². The summed E-state index contributed by atoms with van der Waals surface area (Å²) in [6.45, 7) is 7.11. The van der Waals surface area contributed by atoms with Crippen LogP contribution < -0.4 is 5.32 Å². The molecule has 0 aliphatic carbocycles. The van der Waals surface area contributed by atoms with E-state index in [1.54, 1.807) is 0 Å². The Bertz CT molecular complexity index is 213. The highest BCUT2D eigenvalue weighted by atomic mass is 15.2. The third-order valence-corrected chi connectivity index (χ3v) is 4.05. The van der Waals surface area contributed by atoms with Crippen LogP contribution in [-0.2, 0) is 0 Å². The number of likely N-dealkylation sites (tertiary alicyclic amines) is 1. The number of nitrogens with one attached hydrogen (secondary N) is 1. The molecular formula is C13H29N3. The van der Waals surface area contributed by atoms with Gasteiger partial charge in [-0.15, -0.1) is 0 Å². The molecule has 0 aromatic rings. The summed E-state index contributed by atoms with van der Waals surface area (Å²) in [6.07, 6.45) is 2.70. The van der Waals surface area contributed by atoms with Gasteiger partial charge in [-0.1, -0.05) is 0 Å². The fourth-order valence-corrected chi connectivity index (χ4v) is 3.27. The molecule has 3 nitrogen and oxygen atoms in total. The molecule has 0 radical (unpaired) electrons. The first-order valence-corrected chi connectivity index (χ1v) is 6.42. The highest BCUT2D eigenvalue weighted by Gasteiger charge is 2.37. The lowest BCUT2D eigenvalue weighted by molar-refractivity contribution is 0.0674. The molecule has 1 saturated heterocycles. The molecule has 1 N–H and O–H groups in total. The van der Waals surface area contributed by atoms with E-state index in [0.29, 0.717) is 6.04 Å². The molecule has 2 unspecified atom stereocenters. The lowest BCUT2D eigenvalue weighted by atomic mass is 9.79. The van der Waals surface area contributed by atoms with Crippen LogP contribution in [-0.4, -0.2) is 62.7 Å². The summed E-state index contributed by atoms with van der Waals surface area (Å²) in [5.41, 5.74) is 0.173. The number of hydrogen-bond donors (Lipinski definition) is 1. The average Bonchev–Trinajstić information content (AvgIpc) is 2.17. The molecule has 0 aromatic carbocycles. The third-order valence-electron chi connectivity index (χ3n) is 4.05. The molecule has 16 heavy (non-hydrogen) atoms. The Labute approximate surface area is 101 Å². The maximum atomic E-state index is 3.47. The number of rotatable bonds is 4. The number of hydrogen-bond acceptors (Lipinski definition) is 3. The molecule has 96 valence electrons. The summed E-state index contributed by atoms with van der Waals surface area (Å²) in [6, 6.07) is 0.597. The fraction of sp³-hybridized carbons (Fsp3) is 1.00. The summed E-state index contributed by atoms with van der Waals surface area (Å²) in [7, 11) is 8.73. The third kappa shape index (κ3) is 3.19. The Balaban J connectivity index is 2.77. The van der Waals surface area contributed by atoms with Crippen molar-refractivity contribution in [1.29, 1.82) is 0 Å². The van der Waals surface area contributed by atoms with E-state index in [1.807, 2.05) is 0 Å². The summed E-state index contributed by atoms with van der Waals surface area (Å²) in [4.78, 5) is 4.86. The Morgan fingerprint density at radius 1 is 1.38 bits per heavy atom. The van der Waals surface area contributed by atoms with Crippen molar-refractivity contribution in [2.24, 2.45) is 5.92 Å². The maximum Gasteiger partial charge on any atom is 0.0306 e. The second-order valence-electron chi connectivity index (χ2n) is 6.04. The summed E-state index contributed by atoms with van der Waals surface area (Å²) in [5.74, 6) is 0.774. The monoisotopic (exact) mass is 227 g/mol. The van der Waals surface area contributed by atoms with E-state index in [1.165, 1.54) is 25.9 Å². The predicted octanol–water partition coefficient (Wildman–Crippen LogP) is 1.26. The molecule has 0 spiro atoms. The zero-order valence-electron chi connectivity index (χ0n) is 11.9. The fourth-order valence-electron chi connectivity index (χ4n) is 3.27. The zero-order chi connectivity index (χ0) is 12.3. The predicted molar refractivity (Wildman–Crippen MR) is 70.8 cm³/mol. The van der Waals surface area contributed by atoms with Crippen LogP contribution in [0.4, 0.5) is 0 Å². The molecule has 0 amide bonds. The minimum Gasteiger partial charge on any atom is -0.313 e. The molecule has 1 rings (SSSR count). The van der Waals surface area contributed by atoms with Crippen LogP contribution in [0.5, 0.6) is 0 Å². The molecule has 0 aromatic heterocycles. The van der Waals surface area contributed by atoms with Crippen molar-refractivity contribution in [3.8, 4) is 0 Å². The van der Waals surface area contributed by atoms with Crippen molar-refractivity contribution in [2.75, 3.05) is 41.3 Å². The van der Waals surface area contributed by atoms with Gasteiger partial charge < -0.3 is 15.1 Å². The Morgan fingerprint density at radius 2 is 2.00 bits per heavy atom. The highest BCUT2D eigenvalue weighted by molar-refractivity contribution is 4.96. The summed E-state index contributed by atoms with van der Waals surface area (Å²) < 4.78 is 0. The van der Waals surface area contributed by atoms with Gasteiger partial charge in [0.2, 0.25) is 0 Å². The van der Waals surface area contributed by atoms with Crippen molar-refractivity contribution < 1.29 is 0 Å². The lowest BCUT2D eigenvalue weighted by Gasteiger charge is -2.46. The van der Waals surface area contributed by atoms with E-state index >= 15 is 0 Å².